The molecule has 0 saturated heterocycles. The summed E-state index contributed by atoms with van der Waals surface area (Å²) in [7, 11) is 0. The fraction of sp³-hybridized carbons (Fsp3) is 0.286. The molecule has 0 aliphatic heterocycles. The SMILES string of the molecule is Cc1nc(-c2nn3ccccc3c2-c2ccnc(NC3CCCC3)c2)cs1. The second-order valence-corrected chi connectivity index (χ2v) is 8.12. The highest BCUT2D eigenvalue weighted by Crippen LogP contribution is 2.36. The van der Waals surface area contributed by atoms with E-state index in [1.54, 1.807) is 11.3 Å². The Kier molecular flexibility index (Phi) is 4.13. The maximum Gasteiger partial charge on any atom is 0.126 e. The molecule has 27 heavy (non-hydrogen) atoms. The van der Waals surface area contributed by atoms with Crippen LogP contribution in [0.15, 0.2) is 48.1 Å². The van der Waals surface area contributed by atoms with E-state index >= 15 is 0 Å². The molecule has 4 heterocycles. The summed E-state index contributed by atoms with van der Waals surface area (Å²) in [6, 6.07) is 10.9. The standard InChI is InChI=1S/C21H21N5S/c1-14-23-17(13-27-14)21-20(18-8-4-5-11-26(18)25-21)15-9-10-22-19(12-15)24-16-6-2-3-7-16/h4-5,8-13,16H,2-3,6-7H2,1H3,(H,22,24). The largest absolute Gasteiger partial charge is 0.367 e. The number of anilines is 1. The van der Waals surface area contributed by atoms with E-state index in [0.717, 1.165) is 38.9 Å². The molecule has 1 aliphatic rings. The lowest BCUT2D eigenvalue weighted by atomic mass is 10.0. The van der Waals surface area contributed by atoms with Gasteiger partial charge in [0.1, 0.15) is 17.2 Å². The summed E-state index contributed by atoms with van der Waals surface area (Å²) < 4.78 is 1.93. The van der Waals surface area contributed by atoms with Gasteiger partial charge in [-0.25, -0.2) is 14.5 Å². The van der Waals surface area contributed by atoms with Crippen molar-refractivity contribution in [1.29, 1.82) is 0 Å². The van der Waals surface area contributed by atoms with Crippen LogP contribution in [0.4, 0.5) is 5.82 Å². The first-order valence-corrected chi connectivity index (χ1v) is 10.3. The number of nitrogens with one attached hydrogen (secondary N) is 1. The van der Waals surface area contributed by atoms with Gasteiger partial charge in [-0.15, -0.1) is 11.3 Å². The van der Waals surface area contributed by atoms with Gasteiger partial charge in [0.15, 0.2) is 0 Å². The number of nitrogens with zero attached hydrogens (tertiary/aromatic N) is 4. The maximum absolute atomic E-state index is 4.83. The van der Waals surface area contributed by atoms with E-state index in [1.807, 2.05) is 29.9 Å². The molecule has 1 saturated carbocycles. The Morgan fingerprint density at radius 3 is 2.89 bits per heavy atom. The highest BCUT2D eigenvalue weighted by atomic mass is 32.1. The van der Waals surface area contributed by atoms with Gasteiger partial charge >= 0.3 is 0 Å². The normalized spacial score (nSPS) is 14.9. The summed E-state index contributed by atoms with van der Waals surface area (Å²) in [4.78, 5) is 9.23. The number of hydrogen-bond donors (Lipinski definition) is 1. The lowest BCUT2D eigenvalue weighted by molar-refractivity contribution is 0.750. The Labute approximate surface area is 162 Å². The minimum atomic E-state index is 0.539. The average molecular weight is 376 g/mol. The van der Waals surface area contributed by atoms with Gasteiger partial charge in [-0.3, -0.25) is 0 Å². The Balaban J connectivity index is 1.63. The van der Waals surface area contributed by atoms with Crippen LogP contribution >= 0.6 is 11.3 Å². The lowest BCUT2D eigenvalue weighted by Gasteiger charge is -2.13. The van der Waals surface area contributed by atoms with E-state index in [-0.39, 0.29) is 0 Å². The van der Waals surface area contributed by atoms with Crippen LogP contribution in [-0.4, -0.2) is 25.6 Å². The Hall–Kier alpha value is -2.73. The van der Waals surface area contributed by atoms with Crippen LogP contribution in [0.5, 0.6) is 0 Å². The summed E-state index contributed by atoms with van der Waals surface area (Å²) in [6.45, 7) is 2.03. The molecule has 4 aromatic rings. The van der Waals surface area contributed by atoms with Crippen molar-refractivity contribution in [1.82, 2.24) is 19.6 Å². The molecule has 5 nitrogen and oxygen atoms in total. The lowest BCUT2D eigenvalue weighted by Crippen LogP contribution is -2.15. The molecule has 4 aromatic heterocycles. The third-order valence-corrected chi connectivity index (χ3v) is 5.93. The van der Waals surface area contributed by atoms with Crippen molar-refractivity contribution in [2.75, 3.05) is 5.32 Å². The first kappa shape index (κ1) is 16.4. The maximum atomic E-state index is 4.83. The summed E-state index contributed by atoms with van der Waals surface area (Å²) in [5, 5.41) is 11.6. The fourth-order valence-electron chi connectivity index (χ4n) is 3.88. The van der Waals surface area contributed by atoms with Crippen LogP contribution in [0, 0.1) is 6.92 Å². The Morgan fingerprint density at radius 1 is 1.19 bits per heavy atom. The molecule has 0 amide bonds. The molecule has 0 unspecified atom stereocenters. The van der Waals surface area contributed by atoms with Crippen molar-refractivity contribution in [2.24, 2.45) is 0 Å². The van der Waals surface area contributed by atoms with Gasteiger partial charge in [0.25, 0.3) is 0 Å². The van der Waals surface area contributed by atoms with Crippen molar-refractivity contribution in [3.63, 3.8) is 0 Å². The summed E-state index contributed by atoms with van der Waals surface area (Å²) >= 11 is 1.65. The average Bonchev–Trinajstić information content (AvgIpc) is 3.41. The van der Waals surface area contributed by atoms with Crippen LogP contribution in [0.1, 0.15) is 30.7 Å². The molecule has 1 aliphatic carbocycles. The Morgan fingerprint density at radius 2 is 2.07 bits per heavy atom. The summed E-state index contributed by atoms with van der Waals surface area (Å²) in [5.74, 6) is 0.940. The number of aromatic nitrogens is 4. The zero-order chi connectivity index (χ0) is 18.2. The van der Waals surface area contributed by atoms with Gasteiger partial charge in [-0.2, -0.15) is 5.10 Å². The van der Waals surface area contributed by atoms with Gasteiger partial charge in [-0.1, -0.05) is 18.9 Å². The van der Waals surface area contributed by atoms with Crippen LogP contribution < -0.4 is 5.32 Å². The van der Waals surface area contributed by atoms with Gasteiger partial charge in [0.2, 0.25) is 0 Å². The van der Waals surface area contributed by atoms with Gasteiger partial charge in [0, 0.05) is 29.4 Å². The highest BCUT2D eigenvalue weighted by molar-refractivity contribution is 7.09. The number of rotatable bonds is 4. The minimum absolute atomic E-state index is 0.539. The van der Waals surface area contributed by atoms with Crippen LogP contribution in [0.2, 0.25) is 0 Å². The molecule has 0 aromatic carbocycles. The van der Waals surface area contributed by atoms with E-state index in [2.05, 4.69) is 44.9 Å². The predicted molar refractivity (Wildman–Crippen MR) is 110 cm³/mol. The number of aryl methyl sites for hydroxylation is 1. The van der Waals surface area contributed by atoms with Gasteiger partial charge in [-0.05, 0) is 49.6 Å². The number of thiazole rings is 1. The molecule has 1 fully saturated rings. The van der Waals surface area contributed by atoms with Crippen molar-refractivity contribution in [2.45, 2.75) is 38.6 Å². The molecule has 0 radical (unpaired) electrons. The van der Waals surface area contributed by atoms with Crippen molar-refractivity contribution in [3.05, 3.63) is 53.1 Å². The van der Waals surface area contributed by atoms with Crippen molar-refractivity contribution < 1.29 is 0 Å². The number of hydrogen-bond acceptors (Lipinski definition) is 5. The molecule has 6 heteroatoms. The number of fused-ring (bicyclic) bond motifs is 1. The highest BCUT2D eigenvalue weighted by Gasteiger charge is 2.20. The molecule has 0 atom stereocenters. The quantitative estimate of drug-likeness (QED) is 0.534. The first-order valence-electron chi connectivity index (χ1n) is 9.41. The molecule has 136 valence electrons. The van der Waals surface area contributed by atoms with Crippen molar-refractivity contribution >= 4 is 22.7 Å². The van der Waals surface area contributed by atoms with Gasteiger partial charge < -0.3 is 5.32 Å². The molecule has 5 rings (SSSR count). The molecular formula is C21H21N5S. The zero-order valence-electron chi connectivity index (χ0n) is 15.2. The van der Waals surface area contributed by atoms with E-state index in [1.165, 1.54) is 25.7 Å². The monoisotopic (exact) mass is 375 g/mol. The topological polar surface area (TPSA) is 55.1 Å². The summed E-state index contributed by atoms with van der Waals surface area (Å²) in [6.07, 6.45) is 8.94. The minimum Gasteiger partial charge on any atom is -0.367 e. The first-order chi connectivity index (χ1) is 13.3. The zero-order valence-corrected chi connectivity index (χ0v) is 16.0. The van der Waals surface area contributed by atoms with Crippen LogP contribution in [0.3, 0.4) is 0 Å². The second kappa shape index (κ2) is 6.78. The summed E-state index contributed by atoms with van der Waals surface area (Å²) in [5.41, 5.74) is 5.16. The van der Waals surface area contributed by atoms with E-state index < -0.39 is 0 Å². The Bertz CT molecular complexity index is 1090. The van der Waals surface area contributed by atoms with Crippen LogP contribution in [-0.2, 0) is 0 Å². The van der Waals surface area contributed by atoms with E-state index in [9.17, 15) is 0 Å². The number of pyridine rings is 2. The molecular weight excluding hydrogens is 354 g/mol. The molecule has 0 spiro atoms. The van der Waals surface area contributed by atoms with E-state index in [4.69, 9.17) is 5.10 Å². The molecule has 0 bridgehead atoms. The fourth-order valence-corrected chi connectivity index (χ4v) is 4.48. The third-order valence-electron chi connectivity index (χ3n) is 5.16. The van der Waals surface area contributed by atoms with Crippen molar-refractivity contribution in [3.8, 4) is 22.5 Å². The smallest absolute Gasteiger partial charge is 0.126 e. The van der Waals surface area contributed by atoms with E-state index in [0.29, 0.717) is 6.04 Å². The predicted octanol–water partition coefficient (Wildman–Crippen LogP) is 5.18. The van der Waals surface area contributed by atoms with Gasteiger partial charge in [0.05, 0.1) is 10.5 Å². The second-order valence-electron chi connectivity index (χ2n) is 7.06. The third kappa shape index (κ3) is 3.10. The molecule has 1 N–H and O–H groups in total. The van der Waals surface area contributed by atoms with Crippen LogP contribution in [0.25, 0.3) is 28.0 Å².